The standard InChI is InChI=1S/C15H25NO2S/c1-4-16-15(11-19-10-9-17)13-5-7-14(8-6-13)18-12(2)3/h5-8,12,15-17H,4,9-11H2,1-3H3. The molecule has 3 nitrogen and oxygen atoms in total. The molecule has 4 heteroatoms. The second kappa shape index (κ2) is 9.23. The molecule has 0 aromatic heterocycles. The van der Waals surface area contributed by atoms with Crippen molar-refractivity contribution >= 4 is 11.8 Å². The van der Waals surface area contributed by atoms with Gasteiger partial charge in [0.05, 0.1) is 12.7 Å². The topological polar surface area (TPSA) is 41.5 Å². The third-order valence-electron chi connectivity index (χ3n) is 2.62. The highest BCUT2D eigenvalue weighted by Crippen LogP contribution is 2.21. The van der Waals surface area contributed by atoms with Gasteiger partial charge in [0.1, 0.15) is 5.75 Å². The monoisotopic (exact) mass is 283 g/mol. The number of ether oxygens (including phenoxy) is 1. The average molecular weight is 283 g/mol. The Morgan fingerprint density at radius 3 is 2.47 bits per heavy atom. The maximum atomic E-state index is 8.84. The fourth-order valence-electron chi connectivity index (χ4n) is 1.84. The first-order valence-corrected chi connectivity index (χ1v) is 8.01. The van der Waals surface area contributed by atoms with Gasteiger partial charge in [0.15, 0.2) is 0 Å². The van der Waals surface area contributed by atoms with Crippen molar-refractivity contribution in [3.8, 4) is 5.75 Å². The summed E-state index contributed by atoms with van der Waals surface area (Å²) >= 11 is 1.77. The molecule has 0 amide bonds. The summed E-state index contributed by atoms with van der Waals surface area (Å²) in [5, 5.41) is 12.3. The third kappa shape index (κ3) is 6.32. The minimum Gasteiger partial charge on any atom is -0.491 e. The molecule has 1 rings (SSSR count). The number of hydrogen-bond acceptors (Lipinski definition) is 4. The van der Waals surface area contributed by atoms with E-state index in [-0.39, 0.29) is 12.7 Å². The molecule has 0 fully saturated rings. The molecule has 108 valence electrons. The van der Waals surface area contributed by atoms with E-state index >= 15 is 0 Å². The fraction of sp³-hybridized carbons (Fsp3) is 0.600. The second-order valence-corrected chi connectivity index (χ2v) is 5.79. The number of aliphatic hydroxyl groups is 1. The maximum Gasteiger partial charge on any atom is 0.119 e. The van der Waals surface area contributed by atoms with Crippen molar-refractivity contribution in [2.45, 2.75) is 32.9 Å². The molecule has 0 radical (unpaired) electrons. The van der Waals surface area contributed by atoms with Crippen LogP contribution in [-0.2, 0) is 0 Å². The van der Waals surface area contributed by atoms with Gasteiger partial charge in [-0.15, -0.1) is 0 Å². The summed E-state index contributed by atoms with van der Waals surface area (Å²) < 4.78 is 5.65. The first-order chi connectivity index (χ1) is 9.17. The number of nitrogens with one attached hydrogen (secondary N) is 1. The summed E-state index contributed by atoms with van der Waals surface area (Å²) in [6.07, 6.45) is 0.204. The molecule has 2 N–H and O–H groups in total. The fourth-order valence-corrected chi connectivity index (χ4v) is 2.68. The Morgan fingerprint density at radius 2 is 1.95 bits per heavy atom. The molecule has 1 aromatic rings. The van der Waals surface area contributed by atoms with Crippen LogP contribution < -0.4 is 10.1 Å². The third-order valence-corrected chi connectivity index (χ3v) is 3.67. The number of benzene rings is 1. The van der Waals surface area contributed by atoms with Gasteiger partial charge in [0, 0.05) is 17.5 Å². The lowest BCUT2D eigenvalue weighted by Gasteiger charge is -2.18. The van der Waals surface area contributed by atoms with Crippen molar-refractivity contribution in [3.63, 3.8) is 0 Å². The Hall–Kier alpha value is -0.710. The van der Waals surface area contributed by atoms with Crippen LogP contribution in [-0.4, -0.2) is 35.9 Å². The molecule has 0 spiro atoms. The minimum atomic E-state index is 0.204. The summed E-state index contributed by atoms with van der Waals surface area (Å²) in [5.41, 5.74) is 1.27. The SMILES string of the molecule is CCNC(CSCCO)c1ccc(OC(C)C)cc1. The molecule has 0 heterocycles. The molecule has 1 unspecified atom stereocenters. The molecular weight excluding hydrogens is 258 g/mol. The predicted octanol–water partition coefficient (Wildman–Crippen LogP) is 2.85. The first-order valence-electron chi connectivity index (χ1n) is 6.86. The molecule has 0 saturated heterocycles. The first kappa shape index (κ1) is 16.3. The van der Waals surface area contributed by atoms with Crippen LogP contribution in [0.15, 0.2) is 24.3 Å². The molecule has 0 aliphatic carbocycles. The molecule has 0 bridgehead atoms. The van der Waals surface area contributed by atoms with E-state index in [4.69, 9.17) is 9.84 Å². The normalized spacial score (nSPS) is 12.7. The van der Waals surface area contributed by atoms with Crippen molar-refractivity contribution in [1.29, 1.82) is 0 Å². The van der Waals surface area contributed by atoms with E-state index in [1.807, 2.05) is 26.0 Å². The van der Waals surface area contributed by atoms with Crippen LogP contribution in [0.25, 0.3) is 0 Å². The second-order valence-electron chi connectivity index (χ2n) is 4.64. The van der Waals surface area contributed by atoms with E-state index in [0.29, 0.717) is 6.04 Å². The Kier molecular flexibility index (Phi) is 7.94. The maximum absolute atomic E-state index is 8.84. The predicted molar refractivity (Wildman–Crippen MR) is 83.0 cm³/mol. The van der Waals surface area contributed by atoms with Crippen LogP contribution in [0.4, 0.5) is 0 Å². The summed E-state index contributed by atoms with van der Waals surface area (Å²) in [5.74, 6) is 2.67. The number of hydrogen-bond donors (Lipinski definition) is 2. The Morgan fingerprint density at radius 1 is 1.26 bits per heavy atom. The lowest BCUT2D eigenvalue weighted by Crippen LogP contribution is -2.23. The van der Waals surface area contributed by atoms with E-state index in [0.717, 1.165) is 23.8 Å². The zero-order valence-electron chi connectivity index (χ0n) is 12.1. The van der Waals surface area contributed by atoms with Crippen LogP contribution in [0.1, 0.15) is 32.4 Å². The Bertz CT molecular complexity index is 341. The van der Waals surface area contributed by atoms with Crippen molar-refractivity contribution in [1.82, 2.24) is 5.32 Å². The number of thioether (sulfide) groups is 1. The lowest BCUT2D eigenvalue weighted by molar-refractivity contribution is 0.242. The number of aliphatic hydroxyl groups excluding tert-OH is 1. The van der Waals surface area contributed by atoms with Crippen LogP contribution in [0.3, 0.4) is 0 Å². The molecule has 1 atom stereocenters. The summed E-state index contributed by atoms with van der Waals surface area (Å²) in [6, 6.07) is 8.61. The largest absolute Gasteiger partial charge is 0.491 e. The van der Waals surface area contributed by atoms with Crippen LogP contribution >= 0.6 is 11.8 Å². The van der Waals surface area contributed by atoms with E-state index in [1.165, 1.54) is 5.56 Å². The zero-order chi connectivity index (χ0) is 14.1. The lowest BCUT2D eigenvalue weighted by atomic mass is 10.1. The van der Waals surface area contributed by atoms with Gasteiger partial charge in [-0.25, -0.2) is 0 Å². The van der Waals surface area contributed by atoms with Crippen molar-refractivity contribution in [2.75, 3.05) is 24.7 Å². The van der Waals surface area contributed by atoms with Gasteiger partial charge in [-0.2, -0.15) is 11.8 Å². The highest BCUT2D eigenvalue weighted by Gasteiger charge is 2.10. The molecule has 0 aliphatic rings. The van der Waals surface area contributed by atoms with Gasteiger partial charge in [-0.05, 0) is 38.1 Å². The van der Waals surface area contributed by atoms with Gasteiger partial charge in [0.2, 0.25) is 0 Å². The molecule has 19 heavy (non-hydrogen) atoms. The van der Waals surface area contributed by atoms with Gasteiger partial charge in [-0.3, -0.25) is 0 Å². The van der Waals surface area contributed by atoms with Crippen molar-refractivity contribution in [3.05, 3.63) is 29.8 Å². The summed E-state index contributed by atoms with van der Waals surface area (Å²) in [6.45, 7) is 7.35. The Balaban J connectivity index is 2.62. The summed E-state index contributed by atoms with van der Waals surface area (Å²) in [7, 11) is 0. The van der Waals surface area contributed by atoms with Crippen LogP contribution in [0.2, 0.25) is 0 Å². The highest BCUT2D eigenvalue weighted by molar-refractivity contribution is 7.99. The van der Waals surface area contributed by atoms with Gasteiger partial charge < -0.3 is 15.2 Å². The van der Waals surface area contributed by atoms with Gasteiger partial charge >= 0.3 is 0 Å². The quantitative estimate of drug-likeness (QED) is 0.684. The van der Waals surface area contributed by atoms with E-state index in [2.05, 4.69) is 24.4 Å². The zero-order valence-corrected chi connectivity index (χ0v) is 12.9. The van der Waals surface area contributed by atoms with Gasteiger partial charge in [0.25, 0.3) is 0 Å². The van der Waals surface area contributed by atoms with E-state index < -0.39 is 0 Å². The molecule has 0 aliphatic heterocycles. The van der Waals surface area contributed by atoms with Gasteiger partial charge in [-0.1, -0.05) is 19.1 Å². The van der Waals surface area contributed by atoms with E-state index in [9.17, 15) is 0 Å². The highest BCUT2D eigenvalue weighted by atomic mass is 32.2. The number of rotatable bonds is 9. The Labute approximate surface area is 120 Å². The molecule has 0 saturated carbocycles. The molecular formula is C15H25NO2S. The minimum absolute atomic E-state index is 0.204. The molecule has 1 aromatic carbocycles. The van der Waals surface area contributed by atoms with Crippen LogP contribution in [0, 0.1) is 0 Å². The van der Waals surface area contributed by atoms with E-state index in [1.54, 1.807) is 11.8 Å². The van der Waals surface area contributed by atoms with Crippen molar-refractivity contribution < 1.29 is 9.84 Å². The smallest absolute Gasteiger partial charge is 0.119 e. The van der Waals surface area contributed by atoms with Crippen molar-refractivity contribution in [2.24, 2.45) is 0 Å². The summed E-state index contributed by atoms with van der Waals surface area (Å²) in [4.78, 5) is 0. The average Bonchev–Trinajstić information content (AvgIpc) is 2.38. The van der Waals surface area contributed by atoms with Crippen LogP contribution in [0.5, 0.6) is 5.75 Å².